The van der Waals surface area contributed by atoms with Crippen LogP contribution in [0.5, 0.6) is 0 Å². The number of hydrogen-bond donors (Lipinski definition) is 2. The van der Waals surface area contributed by atoms with Crippen LogP contribution in [0.4, 0.5) is 18.9 Å². The molecule has 0 aliphatic carbocycles. The molecule has 35 heavy (non-hydrogen) atoms. The van der Waals surface area contributed by atoms with E-state index in [1.807, 2.05) is 18.2 Å². The number of aliphatic carboxylic acids is 1. The van der Waals surface area contributed by atoms with E-state index in [0.717, 1.165) is 17.8 Å². The van der Waals surface area contributed by atoms with Gasteiger partial charge in [0.15, 0.2) is 0 Å². The first-order valence-corrected chi connectivity index (χ1v) is 11.3. The molecular weight excluding hydrogens is 481 g/mol. The molecule has 1 aliphatic rings. The monoisotopic (exact) mass is 504 g/mol. The Bertz CT molecular complexity index is 1160. The van der Waals surface area contributed by atoms with Gasteiger partial charge < -0.3 is 10.4 Å². The molecule has 1 amide bonds. The molecule has 0 saturated carbocycles. The first-order valence-electron chi connectivity index (χ1n) is 10.9. The Balaban J connectivity index is 0.000000429. The molecule has 3 aromatic rings. The molecule has 1 aliphatic heterocycles. The molecule has 1 fully saturated rings. The second-order valence-corrected chi connectivity index (χ2v) is 8.46. The Labute approximate surface area is 206 Å². The number of anilines is 1. The van der Waals surface area contributed by atoms with Gasteiger partial charge in [0.2, 0.25) is 0 Å². The number of rotatable bonds is 5. The number of carboxylic acids is 1. The maximum Gasteiger partial charge on any atom is 0.490 e. The van der Waals surface area contributed by atoms with Crippen molar-refractivity contribution in [1.82, 2.24) is 4.90 Å². The van der Waals surface area contributed by atoms with Gasteiger partial charge in [0.25, 0.3) is 5.91 Å². The zero-order valence-electron chi connectivity index (χ0n) is 18.7. The quantitative estimate of drug-likeness (QED) is 0.417. The Morgan fingerprint density at radius 3 is 2.09 bits per heavy atom. The van der Waals surface area contributed by atoms with Crippen molar-refractivity contribution in [2.45, 2.75) is 25.6 Å². The maximum atomic E-state index is 12.5. The summed E-state index contributed by atoms with van der Waals surface area (Å²) in [4.78, 5) is 23.9. The number of likely N-dealkylation sites (tertiary alicyclic amines) is 1. The molecule has 0 unspecified atom stereocenters. The number of nitrogens with one attached hydrogen (secondary N) is 1. The molecule has 0 bridgehead atoms. The summed E-state index contributed by atoms with van der Waals surface area (Å²) in [5.74, 6) is -2.90. The number of carbonyl (C=O) groups excluding carboxylic acids is 1. The van der Waals surface area contributed by atoms with Crippen molar-refractivity contribution in [3.63, 3.8) is 0 Å². The highest BCUT2D eigenvalue weighted by molar-refractivity contribution is 6.30. The molecule has 4 rings (SSSR count). The van der Waals surface area contributed by atoms with Crippen LogP contribution in [0.25, 0.3) is 11.1 Å². The highest BCUT2D eigenvalue weighted by Crippen LogP contribution is 2.25. The average molecular weight is 505 g/mol. The van der Waals surface area contributed by atoms with Crippen molar-refractivity contribution >= 4 is 29.2 Å². The van der Waals surface area contributed by atoms with Crippen LogP contribution in [-0.2, 0) is 11.3 Å². The van der Waals surface area contributed by atoms with E-state index in [1.165, 1.54) is 37.1 Å². The summed E-state index contributed by atoms with van der Waals surface area (Å²) in [6.45, 7) is 3.38. The summed E-state index contributed by atoms with van der Waals surface area (Å²) in [7, 11) is 0. The van der Waals surface area contributed by atoms with E-state index >= 15 is 0 Å². The van der Waals surface area contributed by atoms with E-state index in [4.69, 9.17) is 21.5 Å². The zero-order chi connectivity index (χ0) is 25.4. The fraction of sp³-hybridized carbons (Fsp3) is 0.231. The fourth-order valence-electron chi connectivity index (χ4n) is 3.63. The van der Waals surface area contributed by atoms with Crippen LogP contribution in [0.2, 0.25) is 5.02 Å². The van der Waals surface area contributed by atoms with Crippen LogP contribution in [-0.4, -0.2) is 41.1 Å². The first kappa shape index (κ1) is 26.2. The molecule has 184 valence electrons. The van der Waals surface area contributed by atoms with Gasteiger partial charge in [-0.3, -0.25) is 9.69 Å². The number of alkyl halides is 3. The lowest BCUT2D eigenvalue weighted by molar-refractivity contribution is -0.192. The molecule has 1 heterocycles. The number of halogens is 4. The lowest BCUT2D eigenvalue weighted by atomic mass is 10.0. The largest absolute Gasteiger partial charge is 0.490 e. The highest BCUT2D eigenvalue weighted by atomic mass is 35.5. The van der Waals surface area contributed by atoms with Gasteiger partial charge in [0.05, 0.1) is 0 Å². The van der Waals surface area contributed by atoms with Crippen molar-refractivity contribution in [2.24, 2.45) is 0 Å². The van der Waals surface area contributed by atoms with E-state index in [1.54, 1.807) is 24.3 Å². The third-order valence-corrected chi connectivity index (χ3v) is 5.59. The molecule has 3 aromatic carbocycles. The van der Waals surface area contributed by atoms with Crippen LogP contribution < -0.4 is 5.32 Å². The number of benzene rings is 3. The Morgan fingerprint density at radius 1 is 0.914 bits per heavy atom. The van der Waals surface area contributed by atoms with Gasteiger partial charge in [0.1, 0.15) is 0 Å². The van der Waals surface area contributed by atoms with Gasteiger partial charge in [-0.1, -0.05) is 41.9 Å². The summed E-state index contributed by atoms with van der Waals surface area (Å²) < 4.78 is 31.7. The zero-order valence-corrected chi connectivity index (χ0v) is 19.4. The number of nitrogens with zero attached hydrogens (tertiary/aromatic N) is 1. The third-order valence-electron chi connectivity index (χ3n) is 5.33. The maximum absolute atomic E-state index is 12.5. The second kappa shape index (κ2) is 11.9. The SMILES string of the molecule is O=C(Nc1cccc(-c2cccc(CN3CCCC3)c2)c1)c1ccc(Cl)cc1.O=C(O)C(F)(F)F. The minimum Gasteiger partial charge on any atom is -0.475 e. The predicted molar refractivity (Wildman–Crippen MR) is 129 cm³/mol. The Hall–Kier alpha value is -3.36. The first-order chi connectivity index (χ1) is 16.6. The average Bonchev–Trinajstić information content (AvgIpc) is 3.33. The van der Waals surface area contributed by atoms with E-state index in [0.29, 0.717) is 10.6 Å². The van der Waals surface area contributed by atoms with E-state index in [9.17, 15) is 18.0 Å². The Morgan fingerprint density at radius 2 is 1.49 bits per heavy atom. The van der Waals surface area contributed by atoms with Gasteiger partial charge in [-0.05, 0) is 85.1 Å². The van der Waals surface area contributed by atoms with Crippen LogP contribution in [0, 0.1) is 0 Å². The molecule has 1 saturated heterocycles. The topological polar surface area (TPSA) is 69.6 Å². The third kappa shape index (κ3) is 8.12. The van der Waals surface area contributed by atoms with Gasteiger partial charge in [-0.2, -0.15) is 13.2 Å². The fourth-order valence-corrected chi connectivity index (χ4v) is 3.76. The molecule has 5 nitrogen and oxygen atoms in total. The normalized spacial score (nSPS) is 13.6. The number of carboxylic acid groups (broad SMARTS) is 1. The van der Waals surface area contributed by atoms with Crippen molar-refractivity contribution in [3.8, 4) is 11.1 Å². The summed E-state index contributed by atoms with van der Waals surface area (Å²) in [5, 5.41) is 10.7. The van der Waals surface area contributed by atoms with Gasteiger partial charge in [0, 0.05) is 22.8 Å². The summed E-state index contributed by atoms with van der Waals surface area (Å²) >= 11 is 5.90. The molecule has 2 N–H and O–H groups in total. The summed E-state index contributed by atoms with van der Waals surface area (Å²) in [6, 6.07) is 23.5. The smallest absolute Gasteiger partial charge is 0.475 e. The molecule has 0 spiro atoms. The molecule has 0 atom stereocenters. The molecule has 0 radical (unpaired) electrons. The van der Waals surface area contributed by atoms with Gasteiger partial charge in [-0.15, -0.1) is 0 Å². The summed E-state index contributed by atoms with van der Waals surface area (Å²) in [5.41, 5.74) is 4.95. The van der Waals surface area contributed by atoms with Crippen LogP contribution in [0.15, 0.2) is 72.8 Å². The number of carbonyl (C=O) groups is 2. The molecule has 9 heteroatoms. The lowest BCUT2D eigenvalue weighted by Crippen LogP contribution is -2.21. The van der Waals surface area contributed by atoms with Crippen LogP contribution in [0.1, 0.15) is 28.8 Å². The lowest BCUT2D eigenvalue weighted by Gasteiger charge is -2.15. The summed E-state index contributed by atoms with van der Waals surface area (Å²) in [6.07, 6.45) is -2.48. The highest BCUT2D eigenvalue weighted by Gasteiger charge is 2.38. The molecular formula is C26H24ClF3N2O3. The van der Waals surface area contributed by atoms with E-state index < -0.39 is 12.1 Å². The molecule has 0 aromatic heterocycles. The van der Waals surface area contributed by atoms with Crippen molar-refractivity contribution < 1.29 is 27.9 Å². The number of hydrogen-bond acceptors (Lipinski definition) is 3. The van der Waals surface area contributed by atoms with Crippen LogP contribution >= 0.6 is 11.6 Å². The van der Waals surface area contributed by atoms with Crippen molar-refractivity contribution in [2.75, 3.05) is 18.4 Å². The standard InChI is InChI=1S/C24H23ClN2O.C2HF3O2/c25-22-11-9-19(10-12-22)24(28)26-23-8-4-7-21(16-23)20-6-3-5-18(15-20)17-27-13-1-2-14-27;3-2(4,5)1(6)7/h3-12,15-16H,1-2,13-14,17H2,(H,26,28);(H,6,7). The van der Waals surface area contributed by atoms with Gasteiger partial charge in [-0.25, -0.2) is 4.79 Å². The number of amides is 1. The Kier molecular flexibility index (Phi) is 8.89. The second-order valence-electron chi connectivity index (χ2n) is 8.03. The van der Waals surface area contributed by atoms with Crippen molar-refractivity contribution in [3.05, 3.63) is 88.9 Å². The van der Waals surface area contributed by atoms with Crippen LogP contribution in [0.3, 0.4) is 0 Å². The minimum atomic E-state index is -5.08. The minimum absolute atomic E-state index is 0.142. The van der Waals surface area contributed by atoms with Gasteiger partial charge >= 0.3 is 12.1 Å². The van der Waals surface area contributed by atoms with Crippen molar-refractivity contribution in [1.29, 1.82) is 0 Å². The predicted octanol–water partition coefficient (Wildman–Crippen LogP) is 6.49. The van der Waals surface area contributed by atoms with E-state index in [-0.39, 0.29) is 5.91 Å². The van der Waals surface area contributed by atoms with E-state index in [2.05, 4.69) is 40.5 Å².